The number of rotatable bonds is 9. The number of nitrogens with zero attached hydrogens (tertiary/aromatic N) is 1. The Labute approximate surface area is 121 Å². The molecule has 1 saturated heterocycles. The molecule has 0 amide bonds. The van der Waals surface area contributed by atoms with Crippen molar-refractivity contribution < 1.29 is 0 Å². The molecule has 114 valence electrons. The molecule has 1 aliphatic heterocycles. The minimum atomic E-state index is 0.258. The highest BCUT2D eigenvalue weighted by Crippen LogP contribution is 2.18. The van der Waals surface area contributed by atoms with Crippen LogP contribution in [0.15, 0.2) is 0 Å². The zero-order chi connectivity index (χ0) is 14.1. The molecule has 1 heterocycles. The normalized spacial score (nSPS) is 21.2. The maximum Gasteiger partial charge on any atom is 0.0221 e. The van der Waals surface area contributed by atoms with E-state index >= 15 is 0 Å². The number of unbranched alkanes of at least 4 members (excludes halogenated alkanes) is 5. The summed E-state index contributed by atoms with van der Waals surface area (Å²) >= 11 is 0. The third-order valence-electron chi connectivity index (χ3n) is 4.17. The van der Waals surface area contributed by atoms with Gasteiger partial charge in [0.05, 0.1) is 0 Å². The molecule has 1 fully saturated rings. The van der Waals surface area contributed by atoms with Crippen molar-refractivity contribution >= 4 is 0 Å². The van der Waals surface area contributed by atoms with Gasteiger partial charge in [-0.25, -0.2) is 0 Å². The zero-order valence-corrected chi connectivity index (χ0v) is 13.8. The van der Waals surface area contributed by atoms with Crippen molar-refractivity contribution in [3.63, 3.8) is 0 Å². The quantitative estimate of drug-likeness (QED) is 0.631. The fraction of sp³-hybridized carbons (Fsp3) is 1.00. The van der Waals surface area contributed by atoms with Crippen molar-refractivity contribution in [1.82, 2.24) is 10.2 Å². The molecule has 2 heteroatoms. The number of nitrogens with one attached hydrogen (secondary N) is 1. The molecule has 1 aliphatic rings. The lowest BCUT2D eigenvalue weighted by atomic mass is 10.1. The Kier molecular flexibility index (Phi) is 8.01. The largest absolute Gasteiger partial charge is 0.311 e. The first-order valence-corrected chi connectivity index (χ1v) is 8.52. The lowest BCUT2D eigenvalue weighted by molar-refractivity contribution is 0.228. The van der Waals surface area contributed by atoms with Crippen LogP contribution in [0.5, 0.6) is 0 Å². The van der Waals surface area contributed by atoms with E-state index in [0.717, 1.165) is 6.04 Å². The third kappa shape index (κ3) is 7.94. The number of likely N-dealkylation sites (tertiary alicyclic amines) is 1. The molecule has 0 aromatic heterocycles. The Hall–Kier alpha value is -0.0800. The highest BCUT2D eigenvalue weighted by molar-refractivity contribution is 4.83. The minimum Gasteiger partial charge on any atom is -0.311 e. The van der Waals surface area contributed by atoms with Crippen LogP contribution in [0.1, 0.15) is 79.1 Å². The fourth-order valence-corrected chi connectivity index (χ4v) is 2.94. The van der Waals surface area contributed by atoms with Crippen LogP contribution >= 0.6 is 0 Å². The summed E-state index contributed by atoms with van der Waals surface area (Å²) in [6.45, 7) is 12.9. The molecule has 0 saturated carbocycles. The second kappa shape index (κ2) is 8.97. The lowest BCUT2D eigenvalue weighted by Gasteiger charge is -2.29. The van der Waals surface area contributed by atoms with Gasteiger partial charge in [0.1, 0.15) is 0 Å². The van der Waals surface area contributed by atoms with E-state index in [0.29, 0.717) is 0 Å². The van der Waals surface area contributed by atoms with Crippen LogP contribution in [0, 0.1) is 0 Å². The molecule has 1 N–H and O–H groups in total. The predicted molar refractivity (Wildman–Crippen MR) is 85.7 cm³/mol. The average molecular weight is 268 g/mol. The van der Waals surface area contributed by atoms with E-state index in [-0.39, 0.29) is 5.54 Å². The Morgan fingerprint density at radius 3 is 2.42 bits per heavy atom. The Morgan fingerprint density at radius 2 is 1.74 bits per heavy atom. The van der Waals surface area contributed by atoms with Crippen LogP contribution in [0.25, 0.3) is 0 Å². The van der Waals surface area contributed by atoms with E-state index in [1.807, 2.05) is 0 Å². The lowest BCUT2D eigenvalue weighted by Crippen LogP contribution is -2.45. The summed E-state index contributed by atoms with van der Waals surface area (Å²) in [6.07, 6.45) is 11.3. The molecule has 2 nitrogen and oxygen atoms in total. The molecule has 1 unspecified atom stereocenters. The van der Waals surface area contributed by atoms with Crippen LogP contribution in [0.3, 0.4) is 0 Å². The molecule has 19 heavy (non-hydrogen) atoms. The summed E-state index contributed by atoms with van der Waals surface area (Å²) < 4.78 is 0. The molecule has 0 radical (unpaired) electrons. The maximum absolute atomic E-state index is 3.67. The van der Waals surface area contributed by atoms with Crippen LogP contribution in [-0.4, -0.2) is 36.1 Å². The van der Waals surface area contributed by atoms with Crippen LogP contribution < -0.4 is 5.32 Å². The summed E-state index contributed by atoms with van der Waals surface area (Å²) in [6, 6.07) is 0.787. The topological polar surface area (TPSA) is 15.3 Å². The molecular formula is C17H36N2. The summed E-state index contributed by atoms with van der Waals surface area (Å²) in [5.41, 5.74) is 0.258. The second-order valence-corrected chi connectivity index (χ2v) is 7.23. The van der Waals surface area contributed by atoms with Gasteiger partial charge in [-0.05, 0) is 53.1 Å². The first-order valence-electron chi connectivity index (χ1n) is 8.52. The monoisotopic (exact) mass is 268 g/mol. The van der Waals surface area contributed by atoms with E-state index in [2.05, 4.69) is 37.9 Å². The van der Waals surface area contributed by atoms with Crippen molar-refractivity contribution in [2.45, 2.75) is 90.6 Å². The number of hydrogen-bond acceptors (Lipinski definition) is 2. The Morgan fingerprint density at radius 1 is 1.05 bits per heavy atom. The standard InChI is InChI=1S/C17H36N2/c1-5-6-7-8-9-10-13-19-14-11-12-16(19)15-18-17(2,3)4/h16,18H,5-15H2,1-4H3. The van der Waals surface area contributed by atoms with E-state index in [4.69, 9.17) is 0 Å². The first-order chi connectivity index (χ1) is 9.03. The molecular weight excluding hydrogens is 232 g/mol. The van der Waals surface area contributed by atoms with E-state index in [1.54, 1.807) is 0 Å². The predicted octanol–water partition coefficient (Wildman–Crippen LogP) is 4.20. The van der Waals surface area contributed by atoms with Gasteiger partial charge in [-0.2, -0.15) is 0 Å². The molecule has 1 rings (SSSR count). The van der Waals surface area contributed by atoms with Crippen molar-refractivity contribution in [1.29, 1.82) is 0 Å². The maximum atomic E-state index is 3.67. The van der Waals surface area contributed by atoms with Crippen molar-refractivity contribution in [3.8, 4) is 0 Å². The van der Waals surface area contributed by atoms with Crippen molar-refractivity contribution in [2.24, 2.45) is 0 Å². The van der Waals surface area contributed by atoms with Gasteiger partial charge >= 0.3 is 0 Å². The summed E-state index contributed by atoms with van der Waals surface area (Å²) in [7, 11) is 0. The fourth-order valence-electron chi connectivity index (χ4n) is 2.94. The molecule has 0 aromatic rings. The van der Waals surface area contributed by atoms with Gasteiger partial charge in [-0.1, -0.05) is 39.0 Å². The van der Waals surface area contributed by atoms with Gasteiger partial charge in [-0.15, -0.1) is 0 Å². The van der Waals surface area contributed by atoms with Crippen molar-refractivity contribution in [2.75, 3.05) is 19.6 Å². The van der Waals surface area contributed by atoms with E-state index in [1.165, 1.54) is 71.0 Å². The van der Waals surface area contributed by atoms with E-state index < -0.39 is 0 Å². The van der Waals surface area contributed by atoms with E-state index in [9.17, 15) is 0 Å². The van der Waals surface area contributed by atoms with Crippen LogP contribution in [0.4, 0.5) is 0 Å². The smallest absolute Gasteiger partial charge is 0.0221 e. The SMILES string of the molecule is CCCCCCCCN1CCCC1CNC(C)(C)C. The zero-order valence-electron chi connectivity index (χ0n) is 13.8. The molecule has 0 aliphatic carbocycles. The second-order valence-electron chi connectivity index (χ2n) is 7.23. The van der Waals surface area contributed by atoms with Gasteiger partial charge in [0.2, 0.25) is 0 Å². The Bertz CT molecular complexity index is 220. The van der Waals surface area contributed by atoms with Crippen LogP contribution in [0.2, 0.25) is 0 Å². The summed E-state index contributed by atoms with van der Waals surface area (Å²) in [5.74, 6) is 0. The highest BCUT2D eigenvalue weighted by atomic mass is 15.2. The molecule has 0 aromatic carbocycles. The van der Waals surface area contributed by atoms with Gasteiger partial charge in [0, 0.05) is 18.1 Å². The average Bonchev–Trinajstić information content (AvgIpc) is 2.78. The van der Waals surface area contributed by atoms with Gasteiger partial charge < -0.3 is 5.32 Å². The van der Waals surface area contributed by atoms with Gasteiger partial charge in [0.15, 0.2) is 0 Å². The summed E-state index contributed by atoms with van der Waals surface area (Å²) in [4.78, 5) is 2.72. The highest BCUT2D eigenvalue weighted by Gasteiger charge is 2.24. The molecule has 0 spiro atoms. The Balaban J connectivity index is 2.10. The van der Waals surface area contributed by atoms with Gasteiger partial charge in [-0.3, -0.25) is 4.90 Å². The number of hydrogen-bond donors (Lipinski definition) is 1. The first kappa shape index (κ1) is 17.0. The summed E-state index contributed by atoms with van der Waals surface area (Å²) in [5, 5.41) is 3.67. The minimum absolute atomic E-state index is 0.258. The van der Waals surface area contributed by atoms with Gasteiger partial charge in [0.25, 0.3) is 0 Å². The third-order valence-corrected chi connectivity index (χ3v) is 4.17. The molecule has 1 atom stereocenters. The van der Waals surface area contributed by atoms with Crippen LogP contribution in [-0.2, 0) is 0 Å². The van der Waals surface area contributed by atoms with Crippen molar-refractivity contribution in [3.05, 3.63) is 0 Å². The molecule has 0 bridgehead atoms.